The lowest BCUT2D eigenvalue weighted by Gasteiger charge is -2.10. The lowest BCUT2D eigenvalue weighted by molar-refractivity contribution is 0.0953. The van der Waals surface area contributed by atoms with Crippen molar-refractivity contribution in [3.63, 3.8) is 0 Å². The zero-order valence-electron chi connectivity index (χ0n) is 17.0. The molecule has 0 atom stereocenters. The molecule has 30 heavy (non-hydrogen) atoms. The molecule has 4 aromatic rings. The van der Waals surface area contributed by atoms with Crippen LogP contribution in [0.5, 0.6) is 5.75 Å². The number of ether oxygens (including phenoxy) is 1. The fraction of sp³-hybridized carbons (Fsp3) is 0.273. The Hall–Kier alpha value is -3.68. The lowest BCUT2D eigenvalue weighted by Crippen LogP contribution is -2.25. The summed E-state index contributed by atoms with van der Waals surface area (Å²) in [4.78, 5) is 15.8. The zero-order valence-corrected chi connectivity index (χ0v) is 17.0. The van der Waals surface area contributed by atoms with E-state index in [0.717, 1.165) is 11.9 Å². The molecule has 0 saturated carbocycles. The van der Waals surface area contributed by atoms with Gasteiger partial charge in [0.05, 0.1) is 6.04 Å². The molecule has 0 fully saturated rings. The number of benzene rings is 2. The highest BCUT2D eigenvalue weighted by Gasteiger charge is 2.11. The summed E-state index contributed by atoms with van der Waals surface area (Å²) in [5.41, 5.74) is 2.84. The van der Waals surface area contributed by atoms with Crippen LogP contribution in [-0.4, -0.2) is 37.6 Å². The van der Waals surface area contributed by atoms with Gasteiger partial charge in [-0.2, -0.15) is 0 Å². The first-order chi connectivity index (χ1) is 14.6. The summed E-state index contributed by atoms with van der Waals surface area (Å²) in [7, 11) is 0. The smallest absolute Gasteiger partial charge is 0.251 e. The van der Waals surface area contributed by atoms with Crippen LogP contribution in [0, 0.1) is 0 Å². The van der Waals surface area contributed by atoms with Gasteiger partial charge in [-0.15, -0.1) is 5.10 Å². The van der Waals surface area contributed by atoms with Crippen LogP contribution < -0.4 is 10.1 Å². The summed E-state index contributed by atoms with van der Waals surface area (Å²) in [5, 5.41) is 15.8. The van der Waals surface area contributed by atoms with Crippen molar-refractivity contribution >= 4 is 16.8 Å². The van der Waals surface area contributed by atoms with Gasteiger partial charge in [-0.1, -0.05) is 24.3 Å². The Kier molecular flexibility index (Phi) is 5.74. The van der Waals surface area contributed by atoms with Crippen LogP contribution in [0.15, 0.2) is 54.7 Å². The van der Waals surface area contributed by atoms with E-state index in [2.05, 4.69) is 31.9 Å². The topological polar surface area (TPSA) is 97.7 Å². The Labute approximate surface area is 174 Å². The first kappa shape index (κ1) is 19.6. The molecule has 2 heterocycles. The molecule has 0 bridgehead atoms. The van der Waals surface area contributed by atoms with Crippen LogP contribution in [0.25, 0.3) is 10.9 Å². The number of carbonyl (C=O) groups excluding carboxylic acids is 1. The molecule has 0 unspecified atom stereocenters. The van der Waals surface area contributed by atoms with Crippen molar-refractivity contribution < 1.29 is 9.53 Å². The van der Waals surface area contributed by atoms with Gasteiger partial charge in [0.25, 0.3) is 5.91 Å². The number of amides is 1. The number of nitrogens with zero attached hydrogens (tertiary/aromatic N) is 4. The van der Waals surface area contributed by atoms with Gasteiger partial charge in [0.2, 0.25) is 0 Å². The van der Waals surface area contributed by atoms with E-state index in [1.807, 2.05) is 44.3 Å². The number of aromatic nitrogens is 5. The highest BCUT2D eigenvalue weighted by molar-refractivity contribution is 5.94. The fourth-order valence-electron chi connectivity index (χ4n) is 3.33. The summed E-state index contributed by atoms with van der Waals surface area (Å²) in [6.07, 6.45) is 2.75. The van der Waals surface area contributed by atoms with Gasteiger partial charge >= 0.3 is 0 Å². The van der Waals surface area contributed by atoms with Gasteiger partial charge in [0.1, 0.15) is 12.4 Å². The minimum atomic E-state index is -0.132. The van der Waals surface area contributed by atoms with E-state index in [1.165, 1.54) is 10.9 Å². The summed E-state index contributed by atoms with van der Waals surface area (Å²) >= 11 is 0. The Morgan fingerprint density at radius 2 is 2.07 bits per heavy atom. The molecular weight excluding hydrogens is 380 g/mol. The first-order valence-corrected chi connectivity index (χ1v) is 9.94. The second-order valence-corrected chi connectivity index (χ2v) is 7.32. The van der Waals surface area contributed by atoms with Gasteiger partial charge in [-0.05, 0) is 60.5 Å². The molecule has 4 rings (SSSR count). The third-order valence-corrected chi connectivity index (χ3v) is 4.87. The summed E-state index contributed by atoms with van der Waals surface area (Å²) < 4.78 is 7.51. The lowest BCUT2D eigenvalue weighted by atomic mass is 10.1. The molecule has 154 valence electrons. The van der Waals surface area contributed by atoms with Crippen LogP contribution in [-0.2, 0) is 13.0 Å². The first-order valence-electron chi connectivity index (χ1n) is 9.94. The van der Waals surface area contributed by atoms with Crippen LogP contribution in [0.4, 0.5) is 0 Å². The molecule has 2 aromatic heterocycles. The average Bonchev–Trinajstić information content (AvgIpc) is 3.40. The van der Waals surface area contributed by atoms with Gasteiger partial charge in [-0.3, -0.25) is 4.79 Å². The maximum Gasteiger partial charge on any atom is 0.251 e. The minimum Gasteiger partial charge on any atom is -0.486 e. The molecule has 0 saturated heterocycles. The van der Waals surface area contributed by atoms with Gasteiger partial charge in [0.15, 0.2) is 5.82 Å². The Balaban J connectivity index is 1.33. The Bertz CT molecular complexity index is 1150. The van der Waals surface area contributed by atoms with Crippen LogP contribution >= 0.6 is 0 Å². The quantitative estimate of drug-likeness (QED) is 0.470. The number of para-hydroxylation sites is 1. The fourth-order valence-corrected chi connectivity index (χ4v) is 3.33. The molecular formula is C22H24N6O2. The van der Waals surface area contributed by atoms with Gasteiger partial charge < -0.3 is 15.0 Å². The highest BCUT2D eigenvalue weighted by Crippen LogP contribution is 2.18. The van der Waals surface area contributed by atoms with Crippen molar-refractivity contribution in [1.82, 2.24) is 30.5 Å². The summed E-state index contributed by atoms with van der Waals surface area (Å²) in [6, 6.07) is 15.4. The largest absolute Gasteiger partial charge is 0.486 e. The molecule has 2 aromatic carbocycles. The molecule has 2 N–H and O–H groups in total. The molecule has 0 aliphatic heterocycles. The van der Waals surface area contributed by atoms with E-state index in [-0.39, 0.29) is 18.6 Å². The summed E-state index contributed by atoms with van der Waals surface area (Å²) in [5.74, 6) is 1.10. The highest BCUT2D eigenvalue weighted by atomic mass is 16.5. The number of H-pyrrole nitrogens is 1. The number of rotatable bonds is 8. The average molecular weight is 404 g/mol. The maximum absolute atomic E-state index is 12.6. The van der Waals surface area contributed by atoms with Crippen molar-refractivity contribution in [3.05, 3.63) is 71.7 Å². The monoisotopic (exact) mass is 404 g/mol. The molecule has 8 heteroatoms. The van der Waals surface area contributed by atoms with Gasteiger partial charge in [-0.25, -0.2) is 4.68 Å². The van der Waals surface area contributed by atoms with E-state index in [9.17, 15) is 4.79 Å². The third kappa shape index (κ3) is 4.32. The molecule has 0 aliphatic carbocycles. The molecule has 0 radical (unpaired) electrons. The number of hydrogen-bond acceptors (Lipinski definition) is 5. The van der Waals surface area contributed by atoms with Crippen LogP contribution in [0.2, 0.25) is 0 Å². The molecule has 1 amide bonds. The van der Waals surface area contributed by atoms with E-state index in [4.69, 9.17) is 4.74 Å². The predicted octanol–water partition coefficient (Wildman–Crippen LogP) is 3.29. The standard InChI is InChI=1S/C22H24N6O2/c1-15(2)28-21(25-26-27-28)14-30-18-7-5-6-16(12-18)22(29)23-11-10-17-13-24-20-9-4-3-8-19(17)20/h3-9,12-13,15,24H,10-11,14H2,1-2H3,(H,23,29). The van der Waals surface area contributed by atoms with Gasteiger partial charge in [0, 0.05) is 29.2 Å². The van der Waals surface area contributed by atoms with E-state index in [0.29, 0.717) is 23.7 Å². The van der Waals surface area contributed by atoms with Crippen molar-refractivity contribution in [2.24, 2.45) is 0 Å². The van der Waals surface area contributed by atoms with Crippen molar-refractivity contribution in [3.8, 4) is 5.75 Å². The zero-order chi connectivity index (χ0) is 20.9. The number of fused-ring (bicyclic) bond motifs is 1. The number of nitrogens with one attached hydrogen (secondary N) is 2. The second kappa shape index (κ2) is 8.77. The third-order valence-electron chi connectivity index (χ3n) is 4.87. The van der Waals surface area contributed by atoms with Crippen LogP contribution in [0.3, 0.4) is 0 Å². The number of tetrazole rings is 1. The predicted molar refractivity (Wildman–Crippen MR) is 113 cm³/mol. The van der Waals surface area contributed by atoms with Crippen molar-refractivity contribution in [1.29, 1.82) is 0 Å². The summed E-state index contributed by atoms with van der Waals surface area (Å²) in [6.45, 7) is 4.79. The Morgan fingerprint density at radius 1 is 1.20 bits per heavy atom. The molecule has 0 spiro atoms. The number of aromatic amines is 1. The van der Waals surface area contributed by atoms with E-state index >= 15 is 0 Å². The molecule has 0 aliphatic rings. The Morgan fingerprint density at radius 3 is 2.93 bits per heavy atom. The van der Waals surface area contributed by atoms with E-state index < -0.39 is 0 Å². The minimum absolute atomic E-state index is 0.132. The maximum atomic E-state index is 12.6. The SMILES string of the molecule is CC(C)n1nnnc1COc1cccc(C(=O)NCCc2c[nH]c3ccccc23)c1. The van der Waals surface area contributed by atoms with Crippen molar-refractivity contribution in [2.75, 3.05) is 6.54 Å². The number of carbonyl (C=O) groups is 1. The normalized spacial score (nSPS) is 11.2. The molecule has 8 nitrogen and oxygen atoms in total. The second-order valence-electron chi connectivity index (χ2n) is 7.32. The van der Waals surface area contributed by atoms with E-state index in [1.54, 1.807) is 22.9 Å². The van der Waals surface area contributed by atoms with Crippen LogP contribution in [0.1, 0.15) is 41.6 Å². The number of hydrogen-bond donors (Lipinski definition) is 2. The van der Waals surface area contributed by atoms with Crippen molar-refractivity contribution in [2.45, 2.75) is 32.9 Å².